The lowest BCUT2D eigenvalue weighted by molar-refractivity contribution is -0.139. The van der Waals surface area contributed by atoms with Crippen molar-refractivity contribution in [2.75, 3.05) is 19.7 Å². The van der Waals surface area contributed by atoms with E-state index in [1.807, 2.05) is 42.2 Å². The number of carbonyl (C=O) groups is 2. The average molecular weight is 477 g/mol. The van der Waals surface area contributed by atoms with Crippen molar-refractivity contribution in [2.24, 2.45) is 5.92 Å². The second kappa shape index (κ2) is 11.0. The van der Waals surface area contributed by atoms with Crippen LogP contribution in [-0.4, -0.2) is 55.2 Å². The van der Waals surface area contributed by atoms with Crippen LogP contribution in [0.4, 0.5) is 0 Å². The zero-order chi connectivity index (χ0) is 24.0. The van der Waals surface area contributed by atoms with Crippen LogP contribution in [0.5, 0.6) is 0 Å². The summed E-state index contributed by atoms with van der Waals surface area (Å²) in [6.07, 6.45) is 1.71. The summed E-state index contributed by atoms with van der Waals surface area (Å²) in [5.74, 6) is -1.02. The summed E-state index contributed by atoms with van der Waals surface area (Å²) in [5.41, 5.74) is 1.07. The molecule has 33 heavy (non-hydrogen) atoms. The molecule has 1 unspecified atom stereocenters. The Bertz CT molecular complexity index is 1040. The molecule has 2 aromatic rings. The van der Waals surface area contributed by atoms with Crippen LogP contribution < -0.4 is 0 Å². The van der Waals surface area contributed by atoms with Crippen molar-refractivity contribution in [3.8, 4) is 0 Å². The fraction of sp³-hybridized carbons (Fsp3) is 0.500. The number of ether oxygens (including phenoxy) is 1. The van der Waals surface area contributed by atoms with E-state index in [2.05, 4.69) is 6.92 Å². The van der Waals surface area contributed by atoms with Crippen LogP contribution in [-0.2, 0) is 26.1 Å². The highest BCUT2D eigenvalue weighted by atomic mass is 32.2. The van der Waals surface area contributed by atoms with Crippen LogP contribution in [0, 0.1) is 5.92 Å². The van der Waals surface area contributed by atoms with Crippen molar-refractivity contribution in [1.82, 2.24) is 9.21 Å². The molecule has 0 saturated carbocycles. The van der Waals surface area contributed by atoms with E-state index in [4.69, 9.17) is 9.15 Å². The lowest BCUT2D eigenvalue weighted by Gasteiger charge is -2.36. The fourth-order valence-electron chi connectivity index (χ4n) is 3.93. The summed E-state index contributed by atoms with van der Waals surface area (Å²) in [6, 6.07) is 12.5. The predicted molar refractivity (Wildman–Crippen MR) is 123 cm³/mol. The van der Waals surface area contributed by atoms with E-state index < -0.39 is 16.0 Å². The molecular formula is C24H32N2O6S. The molecule has 9 heteroatoms. The van der Waals surface area contributed by atoms with Crippen LogP contribution >= 0.6 is 0 Å². The average Bonchev–Trinajstić information content (AvgIpc) is 3.34. The number of carbonyl (C=O) groups excluding carboxylic acids is 2. The minimum absolute atomic E-state index is 0.0628. The Morgan fingerprint density at radius 2 is 1.79 bits per heavy atom. The summed E-state index contributed by atoms with van der Waals surface area (Å²) in [7, 11) is -3.89. The van der Waals surface area contributed by atoms with E-state index in [1.54, 1.807) is 6.92 Å². The first kappa shape index (κ1) is 25.0. The van der Waals surface area contributed by atoms with Gasteiger partial charge in [0, 0.05) is 31.6 Å². The molecule has 1 fully saturated rings. The van der Waals surface area contributed by atoms with E-state index in [9.17, 15) is 18.0 Å². The van der Waals surface area contributed by atoms with Crippen molar-refractivity contribution in [2.45, 2.75) is 57.7 Å². The summed E-state index contributed by atoms with van der Waals surface area (Å²) in [6.45, 7) is 6.89. The van der Waals surface area contributed by atoms with Gasteiger partial charge in [-0.1, -0.05) is 37.3 Å². The van der Waals surface area contributed by atoms with Crippen molar-refractivity contribution in [3.63, 3.8) is 0 Å². The van der Waals surface area contributed by atoms with Gasteiger partial charge in [-0.15, -0.1) is 0 Å². The number of amides is 1. The first-order valence-corrected chi connectivity index (χ1v) is 12.8. The summed E-state index contributed by atoms with van der Waals surface area (Å²) >= 11 is 0. The van der Waals surface area contributed by atoms with Gasteiger partial charge in [-0.25, -0.2) is 13.2 Å². The Balaban J connectivity index is 1.66. The monoisotopic (exact) mass is 476 g/mol. The van der Waals surface area contributed by atoms with E-state index in [1.165, 1.54) is 16.4 Å². The van der Waals surface area contributed by atoms with Gasteiger partial charge < -0.3 is 14.1 Å². The van der Waals surface area contributed by atoms with Gasteiger partial charge in [-0.3, -0.25) is 4.79 Å². The molecule has 0 spiro atoms. The third-order valence-electron chi connectivity index (χ3n) is 6.06. The SMILES string of the molecule is CCOC(=O)c1ccc(S(=O)(=O)N2CCC(C(=O)N(Cc3ccccc3)C(C)CC)CC2)o1. The van der Waals surface area contributed by atoms with Crippen LogP contribution in [0.3, 0.4) is 0 Å². The lowest BCUT2D eigenvalue weighted by atomic mass is 9.95. The standard InChI is InChI=1S/C24H32N2O6S/c1-4-18(3)26(17-19-9-7-6-8-10-19)23(27)20-13-15-25(16-14-20)33(29,30)22-12-11-21(32-22)24(28)31-5-2/h6-12,18,20H,4-5,13-17H2,1-3H3. The maximum atomic E-state index is 13.4. The van der Waals surface area contributed by atoms with Crippen molar-refractivity contribution >= 4 is 21.9 Å². The van der Waals surface area contributed by atoms with E-state index in [-0.39, 0.29) is 48.4 Å². The van der Waals surface area contributed by atoms with Crippen LogP contribution in [0.2, 0.25) is 0 Å². The molecule has 0 N–H and O–H groups in total. The Morgan fingerprint density at radius 1 is 1.12 bits per heavy atom. The van der Waals surface area contributed by atoms with Crippen LogP contribution in [0.25, 0.3) is 0 Å². The topological polar surface area (TPSA) is 97.1 Å². The summed E-state index contributed by atoms with van der Waals surface area (Å²) in [4.78, 5) is 27.0. The number of rotatable bonds is 9. The lowest BCUT2D eigenvalue weighted by Crippen LogP contribution is -2.46. The number of hydrogen-bond donors (Lipinski definition) is 0. The molecule has 1 aromatic carbocycles. The second-order valence-corrected chi connectivity index (χ2v) is 10.1. The summed E-state index contributed by atoms with van der Waals surface area (Å²) < 4.78 is 37.4. The summed E-state index contributed by atoms with van der Waals surface area (Å²) in [5, 5.41) is -0.291. The third-order valence-corrected chi connectivity index (χ3v) is 7.83. The molecule has 1 aliphatic rings. The molecule has 0 bridgehead atoms. The Morgan fingerprint density at radius 3 is 2.39 bits per heavy atom. The Kier molecular flexibility index (Phi) is 8.31. The number of furan rings is 1. The smallest absolute Gasteiger partial charge is 0.374 e. The van der Waals surface area contributed by atoms with Gasteiger partial charge >= 0.3 is 5.97 Å². The quantitative estimate of drug-likeness (QED) is 0.512. The van der Waals surface area contributed by atoms with Gasteiger partial charge in [0.25, 0.3) is 10.0 Å². The molecule has 0 radical (unpaired) electrons. The minimum Gasteiger partial charge on any atom is -0.460 e. The zero-order valence-electron chi connectivity index (χ0n) is 19.4. The maximum Gasteiger partial charge on any atom is 0.374 e. The van der Waals surface area contributed by atoms with Gasteiger partial charge in [-0.2, -0.15) is 4.31 Å². The normalized spacial score (nSPS) is 16.3. The van der Waals surface area contributed by atoms with Gasteiger partial charge in [0.05, 0.1) is 6.61 Å². The fourth-order valence-corrected chi connectivity index (χ4v) is 5.31. The third kappa shape index (κ3) is 5.83. The molecule has 1 aromatic heterocycles. The minimum atomic E-state index is -3.89. The second-order valence-electron chi connectivity index (χ2n) is 8.23. The van der Waals surface area contributed by atoms with Crippen molar-refractivity contribution in [1.29, 1.82) is 0 Å². The highest BCUT2D eigenvalue weighted by Crippen LogP contribution is 2.27. The molecule has 180 valence electrons. The van der Waals surface area contributed by atoms with Gasteiger partial charge in [-0.05, 0) is 50.8 Å². The molecule has 1 atom stereocenters. The maximum absolute atomic E-state index is 13.4. The van der Waals surface area contributed by atoms with E-state index >= 15 is 0 Å². The Labute approximate surface area is 195 Å². The number of nitrogens with zero attached hydrogens (tertiary/aromatic N) is 2. The number of benzene rings is 1. The number of hydrogen-bond acceptors (Lipinski definition) is 6. The van der Waals surface area contributed by atoms with Crippen molar-refractivity contribution in [3.05, 3.63) is 53.8 Å². The van der Waals surface area contributed by atoms with Crippen LogP contribution in [0.1, 0.15) is 56.2 Å². The van der Waals surface area contributed by atoms with Gasteiger partial charge in [0.2, 0.25) is 16.8 Å². The van der Waals surface area contributed by atoms with Crippen molar-refractivity contribution < 1.29 is 27.2 Å². The van der Waals surface area contributed by atoms with E-state index in [0.29, 0.717) is 19.4 Å². The first-order valence-electron chi connectivity index (χ1n) is 11.4. The molecule has 3 rings (SSSR count). The zero-order valence-corrected chi connectivity index (χ0v) is 20.2. The molecule has 0 aliphatic carbocycles. The predicted octanol–water partition coefficient (Wildman–Crippen LogP) is 3.68. The van der Waals surface area contributed by atoms with Gasteiger partial charge in [0.15, 0.2) is 0 Å². The molecular weight excluding hydrogens is 444 g/mol. The number of sulfonamides is 1. The Hall–Kier alpha value is -2.65. The highest BCUT2D eigenvalue weighted by Gasteiger charge is 2.36. The largest absolute Gasteiger partial charge is 0.460 e. The molecule has 1 amide bonds. The number of piperidine rings is 1. The van der Waals surface area contributed by atoms with E-state index in [0.717, 1.165) is 12.0 Å². The molecule has 1 saturated heterocycles. The van der Waals surface area contributed by atoms with Crippen LogP contribution in [0.15, 0.2) is 52.0 Å². The highest BCUT2D eigenvalue weighted by molar-refractivity contribution is 7.89. The number of esters is 1. The molecule has 2 heterocycles. The first-order chi connectivity index (χ1) is 15.8. The van der Waals surface area contributed by atoms with Gasteiger partial charge in [0.1, 0.15) is 0 Å². The molecule has 8 nitrogen and oxygen atoms in total. The molecule has 1 aliphatic heterocycles.